The molecule has 3 heterocycles. The SMILES string of the molecule is COc1ccc(C(OC[C@H]2O[C@@H](n3cnc4c(OCCc5ccc([N+](=O)[O-])cc5)nc(NC(=O)OCCS(=O)(=O)c5cccc6c(N(C)C)cccc56)nc43)C[C@@H]2OP(OCCC#N)N(C(C)C)C(C)C)(c2ccccc2)c2ccc(OC)cc2)cc1. The minimum atomic E-state index is -3.96. The number of amides is 1. The molecule has 2 aromatic heterocycles. The maximum absolute atomic E-state index is 13.9. The fraction of sp³-hybridized carbons (Fsp3) is 0.349. The summed E-state index contributed by atoms with van der Waals surface area (Å²) in [7, 11) is 1.19. The number of hydrogen-bond donors (Lipinski definition) is 1. The first kappa shape index (κ1) is 63.2. The Hall–Kier alpha value is -8.33. The molecule has 0 saturated carbocycles. The maximum atomic E-state index is 13.9. The van der Waals surface area contributed by atoms with Crippen molar-refractivity contribution < 1.29 is 55.6 Å². The molecule has 0 aliphatic carbocycles. The number of nitro benzene ring substituents is 1. The number of non-ortho nitro benzene ring substituents is 1. The molecular weight excluding hydrogens is 1150 g/mol. The summed E-state index contributed by atoms with van der Waals surface area (Å²) >= 11 is 0. The van der Waals surface area contributed by atoms with Gasteiger partial charge >= 0.3 is 6.09 Å². The number of hydrogen-bond acceptors (Lipinski definition) is 19. The average molecular weight is 1220 g/mol. The van der Waals surface area contributed by atoms with Crippen molar-refractivity contribution in [1.82, 2.24) is 24.2 Å². The normalized spacial score (nSPS) is 15.6. The van der Waals surface area contributed by atoms with Crippen molar-refractivity contribution in [2.75, 3.05) is 70.7 Å². The van der Waals surface area contributed by atoms with Crippen molar-refractivity contribution in [3.63, 3.8) is 0 Å². The maximum Gasteiger partial charge on any atom is 0.414 e. The monoisotopic (exact) mass is 1220 g/mol. The summed E-state index contributed by atoms with van der Waals surface area (Å²) in [6, 6.07) is 43.9. The Morgan fingerprint density at radius 3 is 2.10 bits per heavy atom. The quantitative estimate of drug-likeness (QED) is 0.0157. The predicted octanol–water partition coefficient (Wildman–Crippen LogP) is 11.6. The zero-order valence-corrected chi connectivity index (χ0v) is 51.4. The minimum Gasteiger partial charge on any atom is -0.497 e. The Labute approximate surface area is 506 Å². The van der Waals surface area contributed by atoms with E-state index in [2.05, 4.69) is 48.7 Å². The number of benzene rings is 6. The van der Waals surface area contributed by atoms with Gasteiger partial charge in [0.1, 0.15) is 36.0 Å². The van der Waals surface area contributed by atoms with Crippen molar-refractivity contribution in [1.29, 1.82) is 5.26 Å². The zero-order valence-electron chi connectivity index (χ0n) is 49.6. The highest BCUT2D eigenvalue weighted by atomic mass is 32.2. The molecule has 1 N–H and O–H groups in total. The number of fused-ring (bicyclic) bond motifs is 2. The highest BCUT2D eigenvalue weighted by Gasteiger charge is 2.45. The molecule has 1 fully saturated rings. The van der Waals surface area contributed by atoms with Crippen molar-refractivity contribution in [2.45, 2.75) is 88.0 Å². The Morgan fingerprint density at radius 1 is 0.839 bits per heavy atom. The van der Waals surface area contributed by atoms with Crippen LogP contribution in [0.1, 0.15) is 69.0 Å². The Bertz CT molecular complexity index is 3740. The summed E-state index contributed by atoms with van der Waals surface area (Å²) in [6.45, 7) is 7.80. The topological polar surface area (TPSA) is 254 Å². The van der Waals surface area contributed by atoms with Gasteiger partial charge < -0.3 is 42.4 Å². The van der Waals surface area contributed by atoms with Crippen LogP contribution in [0.5, 0.6) is 17.4 Å². The number of carbonyl (C=O) groups excluding carboxylic acids is 1. The van der Waals surface area contributed by atoms with Crippen LogP contribution in [0.4, 0.5) is 22.1 Å². The molecule has 1 aliphatic heterocycles. The van der Waals surface area contributed by atoms with Crippen molar-refractivity contribution >= 4 is 63.7 Å². The lowest BCUT2D eigenvalue weighted by atomic mass is 9.80. The van der Waals surface area contributed by atoms with Gasteiger partial charge in [0.2, 0.25) is 11.8 Å². The Morgan fingerprint density at radius 2 is 1.48 bits per heavy atom. The van der Waals surface area contributed by atoms with Gasteiger partial charge in [0, 0.05) is 67.6 Å². The molecule has 456 valence electrons. The largest absolute Gasteiger partial charge is 0.497 e. The lowest BCUT2D eigenvalue weighted by Crippen LogP contribution is -2.39. The van der Waals surface area contributed by atoms with E-state index in [-0.39, 0.29) is 78.3 Å². The number of aromatic nitrogens is 4. The Balaban J connectivity index is 1.07. The zero-order chi connectivity index (χ0) is 61.8. The minimum absolute atomic E-state index is 0.0252. The third kappa shape index (κ3) is 14.6. The van der Waals surface area contributed by atoms with Gasteiger partial charge in [0.05, 0.1) is 74.5 Å². The molecule has 24 heteroatoms. The van der Waals surface area contributed by atoms with Crippen LogP contribution in [-0.4, -0.2) is 128 Å². The van der Waals surface area contributed by atoms with E-state index in [9.17, 15) is 28.6 Å². The molecular formula is C63H70N9O13PS. The first-order valence-electron chi connectivity index (χ1n) is 28.3. The molecule has 1 aliphatic rings. The number of methoxy groups -OCH3 is 2. The first-order chi connectivity index (χ1) is 41.9. The summed E-state index contributed by atoms with van der Waals surface area (Å²) in [4.78, 5) is 40.7. The second kappa shape index (κ2) is 28.5. The lowest BCUT2D eigenvalue weighted by molar-refractivity contribution is -0.384. The molecule has 6 aromatic carbocycles. The molecule has 0 spiro atoms. The predicted molar refractivity (Wildman–Crippen MR) is 330 cm³/mol. The van der Waals surface area contributed by atoms with Gasteiger partial charge in [0.15, 0.2) is 21.0 Å². The third-order valence-corrected chi connectivity index (χ3v) is 18.5. The summed E-state index contributed by atoms with van der Waals surface area (Å²) in [5, 5.41) is 24.9. The number of anilines is 2. The van der Waals surface area contributed by atoms with Gasteiger partial charge in [-0.1, -0.05) is 91.0 Å². The van der Waals surface area contributed by atoms with Crippen molar-refractivity contribution in [3.8, 4) is 23.4 Å². The summed E-state index contributed by atoms with van der Waals surface area (Å²) in [5.74, 6) is 0.503. The van der Waals surface area contributed by atoms with Gasteiger partial charge in [-0.05, 0) is 86.3 Å². The summed E-state index contributed by atoms with van der Waals surface area (Å²) < 4.78 is 82.8. The number of nitro groups is 1. The number of rotatable bonds is 28. The van der Waals surface area contributed by atoms with E-state index in [1.54, 1.807) is 49.1 Å². The molecule has 1 unspecified atom stereocenters. The highest BCUT2D eigenvalue weighted by Crippen LogP contribution is 2.51. The molecule has 22 nitrogen and oxygen atoms in total. The molecule has 9 rings (SSSR count). The Kier molecular flexibility index (Phi) is 20.7. The van der Waals surface area contributed by atoms with Crippen molar-refractivity contribution in [3.05, 3.63) is 178 Å². The number of carbonyl (C=O) groups is 1. The fourth-order valence-electron chi connectivity index (χ4n) is 10.5. The number of imidazole rings is 1. The first-order valence-corrected chi connectivity index (χ1v) is 31.1. The van der Waals surface area contributed by atoms with Crippen LogP contribution in [0.15, 0.2) is 151 Å². The van der Waals surface area contributed by atoms with Gasteiger partial charge in [-0.15, -0.1) is 0 Å². The van der Waals surface area contributed by atoms with E-state index >= 15 is 0 Å². The van der Waals surface area contributed by atoms with Crippen LogP contribution < -0.4 is 24.4 Å². The molecule has 87 heavy (non-hydrogen) atoms. The summed E-state index contributed by atoms with van der Waals surface area (Å²) in [6.07, 6.45) is -1.28. The molecule has 1 amide bonds. The van der Waals surface area contributed by atoms with Gasteiger partial charge in [0.25, 0.3) is 14.2 Å². The lowest BCUT2D eigenvalue weighted by Gasteiger charge is -2.39. The van der Waals surface area contributed by atoms with E-state index in [1.165, 1.54) is 24.5 Å². The van der Waals surface area contributed by atoms with Crippen LogP contribution in [0.2, 0.25) is 0 Å². The number of nitriles is 1. The van der Waals surface area contributed by atoms with E-state index < -0.39 is 65.8 Å². The second-order valence-corrected chi connectivity index (χ2v) is 24.7. The fourth-order valence-corrected chi connectivity index (χ4v) is 13.6. The van der Waals surface area contributed by atoms with Crippen LogP contribution >= 0.6 is 8.53 Å². The number of nitrogens with one attached hydrogen (secondary N) is 1. The standard InChI is InChI=1S/C63H70N9O13PS/c1-42(2)71(43(3)4)86(83-35-14-34-64)85-54-39-57(84-55(54)40-82-63(45-15-10-9-11-16-45,46-23-29-49(78-7)30-24-46)47-25-31-50(79-8)32-26-47)70-41-65-58-59(70)66-61(67-60(58)80-36-33-44-21-27-48(28-22-44)72(74)75)68-62(73)81-37-38-87(76,77)56-20-13-17-51-52(56)18-12-19-53(51)69(5)6/h9-13,15-32,41-43,54-55,57H,14,33,35-40H2,1-8H3,(H,66,67,68,73)/t54-,55+,57+,86?/m0/s1. The van der Waals surface area contributed by atoms with Crippen LogP contribution in [0, 0.1) is 21.4 Å². The third-order valence-electron chi connectivity index (χ3n) is 14.7. The van der Waals surface area contributed by atoms with Crippen LogP contribution in [-0.2, 0) is 45.1 Å². The molecule has 8 aromatic rings. The van der Waals surface area contributed by atoms with E-state index in [1.807, 2.05) is 110 Å². The van der Waals surface area contributed by atoms with Gasteiger partial charge in [-0.25, -0.2) is 22.9 Å². The van der Waals surface area contributed by atoms with E-state index in [0.717, 1.165) is 33.3 Å². The molecule has 0 radical (unpaired) electrons. The van der Waals surface area contributed by atoms with Gasteiger partial charge in [-0.2, -0.15) is 15.2 Å². The smallest absolute Gasteiger partial charge is 0.414 e. The van der Waals surface area contributed by atoms with Crippen molar-refractivity contribution in [2.24, 2.45) is 0 Å². The molecule has 1 saturated heterocycles. The summed E-state index contributed by atoms with van der Waals surface area (Å²) in [5.41, 5.74) is 3.07. The number of ether oxygens (including phenoxy) is 6. The average Bonchev–Trinajstić information content (AvgIpc) is 2.12. The van der Waals surface area contributed by atoms with Crippen LogP contribution in [0.25, 0.3) is 21.9 Å². The second-order valence-electron chi connectivity index (χ2n) is 21.2. The van der Waals surface area contributed by atoms with E-state index in [0.29, 0.717) is 23.3 Å². The van der Waals surface area contributed by atoms with Crippen LogP contribution in [0.3, 0.4) is 0 Å². The molecule has 0 bridgehead atoms. The number of sulfone groups is 1. The highest BCUT2D eigenvalue weighted by molar-refractivity contribution is 7.91. The molecule has 4 atom stereocenters. The van der Waals surface area contributed by atoms with E-state index in [4.69, 9.17) is 47.4 Å². The number of nitrogens with zero attached hydrogens (tertiary/aromatic N) is 8. The van der Waals surface area contributed by atoms with Gasteiger partial charge in [-0.3, -0.25) is 20.0 Å².